The Kier molecular flexibility index (Phi) is 2.65. The fourth-order valence-electron chi connectivity index (χ4n) is 1.05. The predicted molar refractivity (Wildman–Crippen MR) is 53.4 cm³/mol. The van der Waals surface area contributed by atoms with E-state index in [9.17, 15) is 0 Å². The van der Waals surface area contributed by atoms with Gasteiger partial charge in [0.1, 0.15) is 5.15 Å². The molecule has 0 fully saturated rings. The van der Waals surface area contributed by atoms with Gasteiger partial charge in [-0.1, -0.05) is 11.6 Å². The number of rotatable bonds is 2. The molecule has 0 spiro atoms. The molecule has 6 heteroatoms. The van der Waals surface area contributed by atoms with Gasteiger partial charge in [0.15, 0.2) is 0 Å². The van der Waals surface area contributed by atoms with Crippen LogP contribution in [0.5, 0.6) is 0 Å². The van der Waals surface area contributed by atoms with Crippen molar-refractivity contribution in [3.8, 4) is 0 Å². The first-order valence-corrected chi connectivity index (χ1v) is 4.64. The van der Waals surface area contributed by atoms with Crippen molar-refractivity contribution in [2.45, 2.75) is 6.54 Å². The summed E-state index contributed by atoms with van der Waals surface area (Å²) in [7, 11) is 0. The highest BCUT2D eigenvalue weighted by molar-refractivity contribution is 6.32. The SMILES string of the molecule is Clc1ncc(Cn2ccnc2)c(Cl)n1. The molecule has 0 amide bonds. The zero-order valence-electron chi connectivity index (χ0n) is 7.06. The van der Waals surface area contributed by atoms with Gasteiger partial charge in [-0.3, -0.25) is 0 Å². The Morgan fingerprint density at radius 3 is 2.86 bits per heavy atom. The maximum absolute atomic E-state index is 5.88. The maximum atomic E-state index is 5.88. The molecule has 72 valence electrons. The number of nitrogens with zero attached hydrogens (tertiary/aromatic N) is 4. The molecule has 0 saturated carbocycles. The molecular weight excluding hydrogens is 223 g/mol. The van der Waals surface area contributed by atoms with E-state index in [0.717, 1.165) is 5.56 Å². The molecule has 0 aliphatic heterocycles. The van der Waals surface area contributed by atoms with Crippen molar-refractivity contribution in [3.63, 3.8) is 0 Å². The number of halogens is 2. The summed E-state index contributed by atoms with van der Waals surface area (Å²) in [5, 5.41) is 0.531. The fraction of sp³-hybridized carbons (Fsp3) is 0.125. The van der Waals surface area contributed by atoms with Gasteiger partial charge in [0.25, 0.3) is 0 Å². The van der Waals surface area contributed by atoms with Gasteiger partial charge in [-0.25, -0.2) is 15.0 Å². The van der Waals surface area contributed by atoms with Crippen LogP contribution in [0.15, 0.2) is 24.9 Å². The van der Waals surface area contributed by atoms with Crippen LogP contribution in [0.3, 0.4) is 0 Å². The van der Waals surface area contributed by atoms with Crippen molar-refractivity contribution in [1.82, 2.24) is 19.5 Å². The van der Waals surface area contributed by atoms with Gasteiger partial charge in [-0.05, 0) is 11.6 Å². The van der Waals surface area contributed by atoms with Crippen LogP contribution in [0.1, 0.15) is 5.56 Å². The Morgan fingerprint density at radius 1 is 1.36 bits per heavy atom. The Labute approximate surface area is 90.5 Å². The zero-order valence-corrected chi connectivity index (χ0v) is 8.57. The van der Waals surface area contributed by atoms with E-state index in [1.54, 1.807) is 18.7 Å². The Hall–Kier alpha value is -1.13. The Morgan fingerprint density at radius 2 is 2.21 bits per heavy atom. The normalized spacial score (nSPS) is 10.4. The van der Waals surface area contributed by atoms with Crippen LogP contribution in [0.25, 0.3) is 0 Å². The lowest BCUT2D eigenvalue weighted by molar-refractivity contribution is 0.787. The molecule has 0 atom stereocenters. The van der Waals surface area contributed by atoms with Crippen LogP contribution in [0, 0.1) is 0 Å². The second kappa shape index (κ2) is 3.94. The summed E-state index contributed by atoms with van der Waals surface area (Å²) >= 11 is 11.5. The maximum Gasteiger partial charge on any atom is 0.223 e. The van der Waals surface area contributed by atoms with Crippen molar-refractivity contribution in [2.24, 2.45) is 0 Å². The largest absolute Gasteiger partial charge is 0.333 e. The molecule has 0 saturated heterocycles. The lowest BCUT2D eigenvalue weighted by atomic mass is 10.3. The third-order valence-corrected chi connectivity index (χ3v) is 2.20. The fourth-order valence-corrected chi connectivity index (χ4v) is 1.41. The van der Waals surface area contributed by atoms with Crippen LogP contribution < -0.4 is 0 Å². The van der Waals surface area contributed by atoms with Crippen LogP contribution in [0.4, 0.5) is 0 Å². The zero-order chi connectivity index (χ0) is 9.97. The number of aromatic nitrogens is 4. The molecule has 2 aromatic heterocycles. The topological polar surface area (TPSA) is 43.6 Å². The van der Waals surface area contributed by atoms with Crippen LogP contribution >= 0.6 is 23.2 Å². The summed E-state index contributed by atoms with van der Waals surface area (Å²) in [6, 6.07) is 0. The summed E-state index contributed by atoms with van der Waals surface area (Å²) in [5.41, 5.74) is 0.814. The molecule has 0 aliphatic carbocycles. The van der Waals surface area contributed by atoms with Crippen molar-refractivity contribution in [1.29, 1.82) is 0 Å². The summed E-state index contributed by atoms with van der Waals surface area (Å²) in [4.78, 5) is 11.6. The van der Waals surface area contributed by atoms with Crippen molar-refractivity contribution < 1.29 is 0 Å². The summed E-state index contributed by atoms with van der Waals surface area (Å²) in [6.07, 6.45) is 6.85. The lowest BCUT2D eigenvalue weighted by Crippen LogP contribution is -1.99. The molecule has 0 bridgehead atoms. The van der Waals surface area contributed by atoms with E-state index in [-0.39, 0.29) is 5.28 Å². The molecule has 0 aliphatic rings. The van der Waals surface area contributed by atoms with E-state index in [0.29, 0.717) is 11.7 Å². The predicted octanol–water partition coefficient (Wildman–Crippen LogP) is 2.03. The van der Waals surface area contributed by atoms with Crippen LogP contribution in [-0.2, 0) is 6.54 Å². The summed E-state index contributed by atoms with van der Waals surface area (Å²) in [5.74, 6) is 0. The quantitative estimate of drug-likeness (QED) is 0.584. The minimum absolute atomic E-state index is 0.157. The van der Waals surface area contributed by atoms with Crippen LogP contribution in [-0.4, -0.2) is 19.5 Å². The van der Waals surface area contributed by atoms with E-state index in [2.05, 4.69) is 15.0 Å². The van der Waals surface area contributed by atoms with E-state index >= 15 is 0 Å². The minimum atomic E-state index is 0.157. The monoisotopic (exact) mass is 228 g/mol. The van der Waals surface area contributed by atoms with Crippen molar-refractivity contribution in [2.75, 3.05) is 0 Å². The third kappa shape index (κ3) is 2.02. The summed E-state index contributed by atoms with van der Waals surface area (Å²) in [6.45, 7) is 0.593. The molecule has 0 radical (unpaired) electrons. The third-order valence-electron chi connectivity index (χ3n) is 1.69. The molecule has 0 aromatic carbocycles. The molecule has 0 unspecified atom stereocenters. The summed E-state index contributed by atoms with van der Waals surface area (Å²) < 4.78 is 1.87. The van der Waals surface area contributed by atoms with Gasteiger partial charge in [0.05, 0.1) is 12.9 Å². The smallest absolute Gasteiger partial charge is 0.223 e. The van der Waals surface area contributed by atoms with Gasteiger partial charge >= 0.3 is 0 Å². The number of hydrogen-bond donors (Lipinski definition) is 0. The van der Waals surface area contributed by atoms with Crippen LogP contribution in [0.2, 0.25) is 10.4 Å². The number of imidazole rings is 1. The van der Waals surface area contributed by atoms with Gasteiger partial charge < -0.3 is 4.57 Å². The molecule has 4 nitrogen and oxygen atoms in total. The molecular formula is C8H6Cl2N4. The molecule has 2 aromatic rings. The van der Waals surface area contributed by atoms with E-state index in [4.69, 9.17) is 23.2 Å². The van der Waals surface area contributed by atoms with Crippen molar-refractivity contribution >= 4 is 23.2 Å². The second-order valence-electron chi connectivity index (χ2n) is 2.69. The van der Waals surface area contributed by atoms with E-state index < -0.39 is 0 Å². The van der Waals surface area contributed by atoms with Gasteiger partial charge in [0, 0.05) is 24.2 Å². The minimum Gasteiger partial charge on any atom is -0.333 e. The second-order valence-corrected chi connectivity index (χ2v) is 3.39. The standard InChI is InChI=1S/C8H6Cl2N4/c9-7-6(3-12-8(10)13-7)4-14-2-1-11-5-14/h1-3,5H,4H2. The first-order valence-electron chi connectivity index (χ1n) is 3.88. The van der Waals surface area contributed by atoms with E-state index in [1.165, 1.54) is 0 Å². The Bertz CT molecular complexity index is 427. The first-order chi connectivity index (χ1) is 6.75. The highest BCUT2D eigenvalue weighted by Crippen LogP contribution is 2.14. The first kappa shape index (κ1) is 9.43. The number of hydrogen-bond acceptors (Lipinski definition) is 3. The Balaban J connectivity index is 2.25. The average molecular weight is 229 g/mol. The van der Waals surface area contributed by atoms with Gasteiger partial charge in [0.2, 0.25) is 5.28 Å². The molecule has 2 heterocycles. The van der Waals surface area contributed by atoms with Gasteiger partial charge in [-0.15, -0.1) is 0 Å². The molecule has 0 N–H and O–H groups in total. The van der Waals surface area contributed by atoms with E-state index in [1.807, 2.05) is 10.8 Å². The molecule has 14 heavy (non-hydrogen) atoms. The molecule has 2 rings (SSSR count). The average Bonchev–Trinajstić information content (AvgIpc) is 2.62. The lowest BCUT2D eigenvalue weighted by Gasteiger charge is -2.03. The highest BCUT2D eigenvalue weighted by atomic mass is 35.5. The highest BCUT2D eigenvalue weighted by Gasteiger charge is 2.03. The van der Waals surface area contributed by atoms with Crippen molar-refractivity contribution in [3.05, 3.63) is 40.9 Å². The van der Waals surface area contributed by atoms with Gasteiger partial charge in [-0.2, -0.15) is 0 Å².